The number of hydrogen-bond donors (Lipinski definition) is 2. The maximum absolute atomic E-state index is 12.0. The molecule has 2 N–H and O–H groups in total. The molecule has 0 atom stereocenters. The van der Waals surface area contributed by atoms with Crippen LogP contribution in [-0.4, -0.2) is 11.8 Å². The lowest BCUT2D eigenvalue weighted by molar-refractivity contribution is -0.120. The topological polar surface area (TPSA) is 82.0 Å². The molecule has 24 heavy (non-hydrogen) atoms. The molecule has 0 aliphatic carbocycles. The highest BCUT2D eigenvalue weighted by molar-refractivity contribution is 6.30. The zero-order valence-electron chi connectivity index (χ0n) is 12.9. The molecule has 0 heterocycles. The van der Waals surface area contributed by atoms with E-state index in [-0.39, 0.29) is 31.2 Å². The standard InChI is InChI=1S/C18H16ClN3O2/c19-15-6-3-4-13(10-15)11-18(24)21-12-14-5-1-2-7-16(14)22-17(23)8-9-20/h1-7,10H,8,11-12H2,(H,21,24)(H,22,23). The Balaban J connectivity index is 1.95. The molecule has 0 saturated carbocycles. The molecule has 0 aromatic heterocycles. The van der Waals surface area contributed by atoms with E-state index in [1.807, 2.05) is 18.2 Å². The van der Waals surface area contributed by atoms with Gasteiger partial charge in [0.25, 0.3) is 0 Å². The van der Waals surface area contributed by atoms with E-state index in [9.17, 15) is 9.59 Å². The lowest BCUT2D eigenvalue weighted by Crippen LogP contribution is -2.25. The van der Waals surface area contributed by atoms with Crippen LogP contribution in [-0.2, 0) is 22.6 Å². The van der Waals surface area contributed by atoms with Gasteiger partial charge in [-0.3, -0.25) is 9.59 Å². The van der Waals surface area contributed by atoms with Gasteiger partial charge < -0.3 is 10.6 Å². The molecule has 2 aromatic rings. The number of carbonyl (C=O) groups is 2. The molecule has 2 rings (SSSR count). The molecular formula is C18H16ClN3O2. The van der Waals surface area contributed by atoms with Gasteiger partial charge in [0.2, 0.25) is 11.8 Å². The van der Waals surface area contributed by atoms with Gasteiger partial charge in [-0.1, -0.05) is 41.9 Å². The predicted octanol–water partition coefficient (Wildman–Crippen LogP) is 3.05. The number of nitrogens with zero attached hydrogens (tertiary/aromatic N) is 1. The van der Waals surface area contributed by atoms with E-state index in [1.165, 1.54) is 0 Å². The van der Waals surface area contributed by atoms with Crippen LogP contribution in [0.4, 0.5) is 5.69 Å². The molecule has 0 spiro atoms. The van der Waals surface area contributed by atoms with Crippen LogP contribution in [0.1, 0.15) is 17.5 Å². The quantitative estimate of drug-likeness (QED) is 0.847. The van der Waals surface area contributed by atoms with Gasteiger partial charge >= 0.3 is 0 Å². The van der Waals surface area contributed by atoms with Gasteiger partial charge in [0.05, 0.1) is 12.5 Å². The number of hydrogen-bond acceptors (Lipinski definition) is 3. The Kier molecular flexibility index (Phi) is 6.35. The Labute approximate surface area is 145 Å². The highest BCUT2D eigenvalue weighted by Crippen LogP contribution is 2.15. The van der Waals surface area contributed by atoms with Crippen molar-refractivity contribution in [2.75, 3.05) is 5.32 Å². The Morgan fingerprint density at radius 1 is 1.08 bits per heavy atom. The van der Waals surface area contributed by atoms with Crippen LogP contribution in [0, 0.1) is 11.3 Å². The van der Waals surface area contributed by atoms with Crippen LogP contribution in [0.15, 0.2) is 48.5 Å². The number of nitriles is 1. The largest absolute Gasteiger partial charge is 0.352 e. The number of para-hydroxylation sites is 1. The van der Waals surface area contributed by atoms with Crippen LogP contribution in [0.25, 0.3) is 0 Å². The molecule has 0 saturated heterocycles. The summed E-state index contributed by atoms with van der Waals surface area (Å²) in [4.78, 5) is 23.6. The Bertz CT molecular complexity index is 784. The summed E-state index contributed by atoms with van der Waals surface area (Å²) in [6.45, 7) is 0.280. The number of anilines is 1. The minimum Gasteiger partial charge on any atom is -0.352 e. The average molecular weight is 342 g/mol. The zero-order valence-corrected chi connectivity index (χ0v) is 13.6. The summed E-state index contributed by atoms with van der Waals surface area (Å²) < 4.78 is 0. The summed E-state index contributed by atoms with van der Waals surface area (Å²) in [5.74, 6) is -0.523. The van der Waals surface area contributed by atoms with E-state index in [1.54, 1.807) is 36.4 Å². The van der Waals surface area contributed by atoms with Crippen molar-refractivity contribution in [2.45, 2.75) is 19.4 Å². The predicted molar refractivity (Wildman–Crippen MR) is 92.3 cm³/mol. The highest BCUT2D eigenvalue weighted by atomic mass is 35.5. The maximum atomic E-state index is 12.0. The van der Waals surface area contributed by atoms with Crippen LogP contribution in [0.3, 0.4) is 0 Å². The molecule has 0 radical (unpaired) electrons. The van der Waals surface area contributed by atoms with Crippen molar-refractivity contribution in [3.05, 3.63) is 64.7 Å². The molecular weight excluding hydrogens is 326 g/mol. The Morgan fingerprint density at radius 2 is 1.88 bits per heavy atom. The molecule has 0 unspecified atom stereocenters. The molecule has 0 aliphatic heterocycles. The summed E-state index contributed by atoms with van der Waals surface area (Å²) in [6, 6.07) is 16.1. The van der Waals surface area contributed by atoms with E-state index in [0.29, 0.717) is 10.7 Å². The fourth-order valence-corrected chi connectivity index (χ4v) is 2.36. The first kappa shape index (κ1) is 17.5. The van der Waals surface area contributed by atoms with Gasteiger partial charge in [-0.05, 0) is 29.3 Å². The highest BCUT2D eigenvalue weighted by Gasteiger charge is 2.08. The van der Waals surface area contributed by atoms with Gasteiger partial charge in [0.1, 0.15) is 6.42 Å². The van der Waals surface area contributed by atoms with Crippen molar-refractivity contribution < 1.29 is 9.59 Å². The van der Waals surface area contributed by atoms with Gasteiger partial charge in [-0.25, -0.2) is 0 Å². The lowest BCUT2D eigenvalue weighted by atomic mass is 10.1. The zero-order chi connectivity index (χ0) is 17.4. The first-order valence-electron chi connectivity index (χ1n) is 7.34. The molecule has 5 nitrogen and oxygen atoms in total. The minimum absolute atomic E-state index is 0.143. The fourth-order valence-electron chi connectivity index (χ4n) is 2.15. The number of rotatable bonds is 6. The molecule has 0 bridgehead atoms. The summed E-state index contributed by atoms with van der Waals surface area (Å²) >= 11 is 5.90. The van der Waals surface area contributed by atoms with Crippen molar-refractivity contribution in [1.29, 1.82) is 5.26 Å². The van der Waals surface area contributed by atoms with E-state index in [0.717, 1.165) is 11.1 Å². The normalized spacial score (nSPS) is 9.83. The molecule has 0 fully saturated rings. The third-order valence-corrected chi connectivity index (χ3v) is 3.50. The first-order valence-corrected chi connectivity index (χ1v) is 7.72. The monoisotopic (exact) mass is 341 g/mol. The van der Waals surface area contributed by atoms with E-state index < -0.39 is 0 Å². The van der Waals surface area contributed by atoms with E-state index in [2.05, 4.69) is 10.6 Å². The van der Waals surface area contributed by atoms with Crippen molar-refractivity contribution in [2.24, 2.45) is 0 Å². The summed E-state index contributed by atoms with van der Waals surface area (Å²) in [5, 5.41) is 14.6. The number of amides is 2. The first-order chi connectivity index (χ1) is 11.6. The summed E-state index contributed by atoms with van der Waals surface area (Å²) in [6.07, 6.45) is 0.0129. The van der Waals surface area contributed by atoms with E-state index >= 15 is 0 Å². The van der Waals surface area contributed by atoms with Crippen LogP contribution >= 0.6 is 11.6 Å². The fraction of sp³-hybridized carbons (Fsp3) is 0.167. The minimum atomic E-state index is -0.379. The van der Waals surface area contributed by atoms with Crippen LogP contribution < -0.4 is 10.6 Å². The van der Waals surface area contributed by atoms with Crippen molar-refractivity contribution in [3.8, 4) is 6.07 Å². The number of nitrogens with one attached hydrogen (secondary N) is 2. The molecule has 2 amide bonds. The number of halogens is 1. The molecule has 6 heteroatoms. The average Bonchev–Trinajstić information content (AvgIpc) is 2.54. The Morgan fingerprint density at radius 3 is 2.62 bits per heavy atom. The Hall–Kier alpha value is -2.84. The van der Waals surface area contributed by atoms with Gasteiger partial charge in [0, 0.05) is 17.3 Å². The number of carbonyl (C=O) groups excluding carboxylic acids is 2. The second kappa shape index (κ2) is 8.70. The molecule has 122 valence electrons. The van der Waals surface area contributed by atoms with Crippen molar-refractivity contribution in [3.63, 3.8) is 0 Å². The van der Waals surface area contributed by atoms with Crippen LogP contribution in [0.5, 0.6) is 0 Å². The molecule has 0 aliphatic rings. The smallest absolute Gasteiger partial charge is 0.238 e. The molecule has 2 aromatic carbocycles. The SMILES string of the molecule is N#CCC(=O)Nc1ccccc1CNC(=O)Cc1cccc(Cl)c1. The van der Waals surface area contributed by atoms with Crippen molar-refractivity contribution in [1.82, 2.24) is 5.32 Å². The lowest BCUT2D eigenvalue weighted by Gasteiger charge is -2.11. The summed E-state index contributed by atoms with van der Waals surface area (Å²) in [7, 11) is 0. The van der Waals surface area contributed by atoms with Gasteiger partial charge in [-0.2, -0.15) is 5.26 Å². The number of benzene rings is 2. The second-order valence-electron chi connectivity index (χ2n) is 5.12. The van der Waals surface area contributed by atoms with Crippen LogP contribution in [0.2, 0.25) is 5.02 Å². The van der Waals surface area contributed by atoms with Gasteiger partial charge in [0.15, 0.2) is 0 Å². The third-order valence-electron chi connectivity index (χ3n) is 3.26. The second-order valence-corrected chi connectivity index (χ2v) is 5.56. The third kappa shape index (κ3) is 5.41. The maximum Gasteiger partial charge on any atom is 0.238 e. The van der Waals surface area contributed by atoms with Crippen molar-refractivity contribution >= 4 is 29.1 Å². The summed E-state index contributed by atoms with van der Waals surface area (Å²) in [5.41, 5.74) is 2.18. The van der Waals surface area contributed by atoms with Gasteiger partial charge in [-0.15, -0.1) is 0 Å². The van der Waals surface area contributed by atoms with E-state index in [4.69, 9.17) is 16.9 Å².